The van der Waals surface area contributed by atoms with Crippen molar-refractivity contribution in [2.45, 2.75) is 19.1 Å². The van der Waals surface area contributed by atoms with Gasteiger partial charge in [0.1, 0.15) is 0 Å². The number of anilines is 1. The van der Waals surface area contributed by atoms with Crippen molar-refractivity contribution < 1.29 is 21.6 Å². The van der Waals surface area contributed by atoms with Crippen LogP contribution in [0.3, 0.4) is 0 Å². The number of rotatable bonds is 1. The average molecular weight is 318 g/mol. The summed E-state index contributed by atoms with van der Waals surface area (Å²) in [5.74, 6) is -0.174. The van der Waals surface area contributed by atoms with Gasteiger partial charge in [0, 0.05) is 18.3 Å². The summed E-state index contributed by atoms with van der Waals surface area (Å²) in [6.45, 7) is 1.80. The van der Waals surface area contributed by atoms with Crippen LogP contribution in [0.5, 0.6) is 0 Å². The van der Waals surface area contributed by atoms with Crippen LogP contribution in [0.25, 0.3) is 0 Å². The standard InChI is InChI=1S/C13H13F3N2O2S/c1-9-8-21(19,20)5-4-18(9)11-3-2-10(7-17)12(6-11)13(14,15)16/h2-3,6,9H,4-5,8H2,1H3. The zero-order valence-corrected chi connectivity index (χ0v) is 12.0. The molecule has 1 aliphatic rings. The second kappa shape index (κ2) is 5.22. The lowest BCUT2D eigenvalue weighted by Crippen LogP contribution is -2.47. The Hall–Kier alpha value is -1.75. The number of benzene rings is 1. The molecule has 0 radical (unpaired) electrons. The summed E-state index contributed by atoms with van der Waals surface area (Å²) in [7, 11) is -3.14. The Bertz CT molecular complexity index is 692. The van der Waals surface area contributed by atoms with E-state index in [0.717, 1.165) is 12.1 Å². The number of nitrogens with zero attached hydrogens (tertiary/aromatic N) is 2. The lowest BCUT2D eigenvalue weighted by molar-refractivity contribution is -0.137. The third-order valence-electron chi connectivity index (χ3n) is 3.43. The number of hydrogen-bond acceptors (Lipinski definition) is 4. The molecule has 0 bridgehead atoms. The molecule has 1 heterocycles. The largest absolute Gasteiger partial charge is 0.417 e. The molecule has 0 N–H and O–H groups in total. The third-order valence-corrected chi connectivity index (χ3v) is 5.23. The van der Waals surface area contributed by atoms with Crippen LogP contribution in [-0.4, -0.2) is 32.5 Å². The fraction of sp³-hybridized carbons (Fsp3) is 0.462. The molecule has 4 nitrogen and oxygen atoms in total. The Labute approximate surface area is 120 Å². The van der Waals surface area contributed by atoms with Gasteiger partial charge in [0.15, 0.2) is 9.84 Å². The van der Waals surface area contributed by atoms with E-state index in [9.17, 15) is 21.6 Å². The fourth-order valence-corrected chi connectivity index (χ4v) is 3.98. The Kier molecular flexibility index (Phi) is 3.89. The molecule has 0 amide bonds. The molecule has 114 valence electrons. The monoisotopic (exact) mass is 318 g/mol. The van der Waals surface area contributed by atoms with Gasteiger partial charge in [-0.25, -0.2) is 8.42 Å². The van der Waals surface area contributed by atoms with E-state index in [0.29, 0.717) is 0 Å². The smallest absolute Gasteiger partial charge is 0.367 e. The first kappa shape index (κ1) is 15.6. The summed E-state index contributed by atoms with van der Waals surface area (Å²) >= 11 is 0. The van der Waals surface area contributed by atoms with Crippen molar-refractivity contribution in [1.29, 1.82) is 5.26 Å². The molecule has 0 aromatic heterocycles. The Morgan fingerprint density at radius 3 is 2.57 bits per heavy atom. The molecule has 0 spiro atoms. The molecule has 1 aromatic rings. The number of alkyl halides is 3. The van der Waals surface area contributed by atoms with Gasteiger partial charge >= 0.3 is 6.18 Å². The second-order valence-corrected chi connectivity index (χ2v) is 7.22. The molecular formula is C13H13F3N2O2S. The molecule has 2 rings (SSSR count). The number of hydrogen-bond donors (Lipinski definition) is 0. The molecule has 1 aromatic carbocycles. The highest BCUT2D eigenvalue weighted by Gasteiger charge is 2.35. The zero-order chi connectivity index (χ0) is 15.8. The van der Waals surface area contributed by atoms with Crippen molar-refractivity contribution >= 4 is 15.5 Å². The second-order valence-electron chi connectivity index (χ2n) is 5.00. The van der Waals surface area contributed by atoms with Gasteiger partial charge in [-0.05, 0) is 25.1 Å². The maximum Gasteiger partial charge on any atom is 0.417 e. The SMILES string of the molecule is CC1CS(=O)(=O)CCN1c1ccc(C#N)c(C(F)(F)F)c1. The summed E-state index contributed by atoms with van der Waals surface area (Å²) in [5.41, 5.74) is -1.16. The predicted octanol–water partition coefficient (Wildman–Crippen LogP) is 2.20. The van der Waals surface area contributed by atoms with Gasteiger partial charge in [0.2, 0.25) is 0 Å². The van der Waals surface area contributed by atoms with Crippen LogP contribution in [-0.2, 0) is 16.0 Å². The fourth-order valence-electron chi connectivity index (χ4n) is 2.43. The molecule has 1 saturated heterocycles. The molecule has 1 aliphatic heterocycles. The zero-order valence-electron chi connectivity index (χ0n) is 11.2. The van der Waals surface area contributed by atoms with Crippen molar-refractivity contribution in [3.63, 3.8) is 0 Å². The van der Waals surface area contributed by atoms with Crippen molar-refractivity contribution in [1.82, 2.24) is 0 Å². The van der Waals surface area contributed by atoms with Crippen LogP contribution < -0.4 is 4.90 Å². The summed E-state index contributed by atoms with van der Waals surface area (Å²) in [6, 6.07) is 4.56. The molecule has 21 heavy (non-hydrogen) atoms. The molecule has 1 fully saturated rings. The highest BCUT2D eigenvalue weighted by atomic mass is 32.2. The van der Waals surface area contributed by atoms with Crippen LogP contribution in [0.2, 0.25) is 0 Å². The van der Waals surface area contributed by atoms with Crippen molar-refractivity contribution in [3.8, 4) is 6.07 Å². The predicted molar refractivity (Wildman–Crippen MR) is 71.6 cm³/mol. The summed E-state index contributed by atoms with van der Waals surface area (Å²) in [5, 5.41) is 8.76. The van der Waals surface area contributed by atoms with Crippen LogP contribution in [0.15, 0.2) is 18.2 Å². The van der Waals surface area contributed by atoms with Gasteiger partial charge < -0.3 is 4.90 Å². The summed E-state index contributed by atoms with van der Waals surface area (Å²) < 4.78 is 61.8. The van der Waals surface area contributed by atoms with Gasteiger partial charge in [0.05, 0.1) is 28.7 Å². The molecule has 0 aliphatic carbocycles. The van der Waals surface area contributed by atoms with Crippen LogP contribution in [0.1, 0.15) is 18.1 Å². The first-order chi connectivity index (χ1) is 9.64. The molecule has 8 heteroatoms. The summed E-state index contributed by atoms with van der Waals surface area (Å²) in [6.07, 6.45) is -4.62. The van der Waals surface area contributed by atoms with E-state index in [1.165, 1.54) is 12.1 Å². The number of sulfone groups is 1. The van der Waals surface area contributed by atoms with E-state index < -0.39 is 33.2 Å². The van der Waals surface area contributed by atoms with E-state index in [1.807, 2.05) is 0 Å². The van der Waals surface area contributed by atoms with E-state index in [2.05, 4.69) is 0 Å². The van der Waals surface area contributed by atoms with Gasteiger partial charge in [-0.1, -0.05) is 0 Å². The van der Waals surface area contributed by atoms with E-state index in [4.69, 9.17) is 5.26 Å². The van der Waals surface area contributed by atoms with Crippen molar-refractivity contribution in [3.05, 3.63) is 29.3 Å². The van der Waals surface area contributed by atoms with Gasteiger partial charge in [-0.2, -0.15) is 18.4 Å². The Morgan fingerprint density at radius 2 is 2.05 bits per heavy atom. The molecule has 0 saturated carbocycles. The first-order valence-corrected chi connectivity index (χ1v) is 8.04. The highest BCUT2D eigenvalue weighted by molar-refractivity contribution is 7.91. The maximum atomic E-state index is 12.9. The summed E-state index contributed by atoms with van der Waals surface area (Å²) in [4.78, 5) is 1.62. The normalized spacial score (nSPS) is 21.9. The minimum atomic E-state index is -4.62. The third kappa shape index (κ3) is 3.29. The Morgan fingerprint density at radius 1 is 1.38 bits per heavy atom. The van der Waals surface area contributed by atoms with Gasteiger partial charge in [-0.3, -0.25) is 0 Å². The topological polar surface area (TPSA) is 61.2 Å². The lowest BCUT2D eigenvalue weighted by Gasteiger charge is -2.35. The average Bonchev–Trinajstić information content (AvgIpc) is 2.36. The van der Waals surface area contributed by atoms with E-state index in [-0.39, 0.29) is 23.7 Å². The molecule has 1 atom stereocenters. The molecule has 1 unspecified atom stereocenters. The lowest BCUT2D eigenvalue weighted by atomic mass is 10.1. The highest BCUT2D eigenvalue weighted by Crippen LogP contribution is 2.35. The number of nitriles is 1. The number of halogens is 3. The first-order valence-electron chi connectivity index (χ1n) is 6.22. The quantitative estimate of drug-likeness (QED) is 0.796. The van der Waals surface area contributed by atoms with Gasteiger partial charge in [-0.15, -0.1) is 0 Å². The van der Waals surface area contributed by atoms with E-state index in [1.54, 1.807) is 11.8 Å². The maximum absolute atomic E-state index is 12.9. The molecular weight excluding hydrogens is 305 g/mol. The van der Waals surface area contributed by atoms with Crippen LogP contribution in [0.4, 0.5) is 18.9 Å². The Balaban J connectivity index is 2.40. The van der Waals surface area contributed by atoms with Crippen molar-refractivity contribution in [2.75, 3.05) is 23.0 Å². The minimum absolute atomic E-state index is 0.0846. The van der Waals surface area contributed by atoms with Crippen LogP contribution in [0, 0.1) is 11.3 Å². The van der Waals surface area contributed by atoms with E-state index >= 15 is 0 Å². The van der Waals surface area contributed by atoms with Crippen LogP contribution >= 0.6 is 0 Å². The van der Waals surface area contributed by atoms with Crippen molar-refractivity contribution in [2.24, 2.45) is 0 Å². The van der Waals surface area contributed by atoms with Gasteiger partial charge in [0.25, 0.3) is 0 Å². The minimum Gasteiger partial charge on any atom is -0.367 e.